The number of pyridine rings is 1. The number of nitrogens with zero attached hydrogens (tertiary/aromatic N) is 1. The summed E-state index contributed by atoms with van der Waals surface area (Å²) >= 11 is 1.97. The normalized spacial score (nSPS) is 15.6. The van der Waals surface area contributed by atoms with Crippen LogP contribution in [-0.4, -0.2) is 0 Å². The van der Waals surface area contributed by atoms with Crippen LogP contribution >= 0.6 is 11.8 Å². The molecule has 0 bridgehead atoms. The molecule has 162 valence electrons. The zero-order valence-electron chi connectivity index (χ0n) is 19.3. The summed E-state index contributed by atoms with van der Waals surface area (Å²) in [5, 5.41) is 8.24. The Hall–Kier alpha value is -2.84. The van der Waals surface area contributed by atoms with Crippen LogP contribution < -0.4 is 4.57 Å². The first kappa shape index (κ1) is 19.6. The maximum atomic E-state index is 2.47. The summed E-state index contributed by atoms with van der Waals surface area (Å²) < 4.78 is 2.33. The largest absolute Gasteiger partial charge is 0.222 e. The maximum Gasteiger partial charge on any atom is 0.222 e. The van der Waals surface area contributed by atoms with Gasteiger partial charge in [0, 0.05) is 15.9 Å². The number of aryl methyl sites for hydroxylation is 2. The van der Waals surface area contributed by atoms with Gasteiger partial charge in [0.2, 0.25) is 5.69 Å². The van der Waals surface area contributed by atoms with Gasteiger partial charge in [0.1, 0.15) is 7.05 Å². The van der Waals surface area contributed by atoms with E-state index in [4.69, 9.17) is 0 Å². The lowest BCUT2D eigenvalue weighted by Gasteiger charge is -2.22. The molecule has 33 heavy (non-hydrogen) atoms. The molecule has 0 N–H and O–H groups in total. The molecule has 0 unspecified atom stereocenters. The van der Waals surface area contributed by atoms with Gasteiger partial charge in [-0.15, -0.1) is 0 Å². The predicted octanol–water partition coefficient (Wildman–Crippen LogP) is 8.14. The lowest BCUT2D eigenvalue weighted by Crippen LogP contribution is -2.31. The Bertz CT molecular complexity index is 1590. The van der Waals surface area contributed by atoms with Crippen molar-refractivity contribution in [3.8, 4) is 11.3 Å². The number of hydrogen-bond donors (Lipinski definition) is 0. The number of hydrogen-bond acceptors (Lipinski definition) is 1. The summed E-state index contributed by atoms with van der Waals surface area (Å²) in [6.45, 7) is 2.29. The van der Waals surface area contributed by atoms with E-state index in [1.807, 2.05) is 11.8 Å². The van der Waals surface area contributed by atoms with Crippen molar-refractivity contribution in [2.75, 3.05) is 0 Å². The van der Waals surface area contributed by atoms with Gasteiger partial charge < -0.3 is 0 Å². The molecule has 2 heteroatoms. The van der Waals surface area contributed by atoms with Crippen LogP contribution in [0, 0.1) is 12.8 Å². The van der Waals surface area contributed by atoms with Crippen molar-refractivity contribution >= 4 is 44.1 Å². The number of aromatic nitrogens is 1. The molecule has 2 aliphatic rings. The maximum absolute atomic E-state index is 2.47. The number of benzene rings is 4. The number of fused-ring (bicyclic) bond motifs is 5. The first-order valence-electron chi connectivity index (χ1n) is 12.3. The van der Waals surface area contributed by atoms with Crippen molar-refractivity contribution in [3.63, 3.8) is 0 Å². The van der Waals surface area contributed by atoms with Crippen LogP contribution in [-0.2, 0) is 13.5 Å². The summed E-state index contributed by atoms with van der Waals surface area (Å²) in [6, 6.07) is 23.2. The molecule has 4 aromatic carbocycles. The Morgan fingerprint density at radius 1 is 0.879 bits per heavy atom. The van der Waals surface area contributed by atoms with Crippen LogP contribution in [0.4, 0.5) is 0 Å². The van der Waals surface area contributed by atoms with Gasteiger partial charge in [-0.05, 0) is 69.5 Å². The Balaban J connectivity index is 1.50. The van der Waals surface area contributed by atoms with Gasteiger partial charge >= 0.3 is 0 Å². The molecule has 0 saturated heterocycles. The zero-order chi connectivity index (χ0) is 22.1. The monoisotopic (exact) mass is 446 g/mol. The van der Waals surface area contributed by atoms with Crippen LogP contribution in [0.2, 0.25) is 0 Å². The second-order valence-electron chi connectivity index (χ2n) is 10.1. The third-order valence-electron chi connectivity index (χ3n) is 7.98. The van der Waals surface area contributed by atoms with Gasteiger partial charge in [0.25, 0.3) is 0 Å². The summed E-state index contributed by atoms with van der Waals surface area (Å²) in [5.41, 5.74) is 5.65. The Morgan fingerprint density at radius 3 is 2.61 bits per heavy atom. The fourth-order valence-electron chi connectivity index (χ4n) is 6.33. The molecule has 1 aliphatic carbocycles. The predicted molar refractivity (Wildman–Crippen MR) is 140 cm³/mol. The lowest BCUT2D eigenvalue weighted by molar-refractivity contribution is -0.659. The summed E-state index contributed by atoms with van der Waals surface area (Å²) in [7, 11) is 2.20. The van der Waals surface area contributed by atoms with E-state index in [9.17, 15) is 0 Å². The second kappa shape index (κ2) is 7.33. The van der Waals surface area contributed by atoms with E-state index in [-0.39, 0.29) is 0 Å². The molecule has 1 nitrogen and oxygen atoms in total. The molecule has 5 aromatic rings. The highest BCUT2D eigenvalue weighted by Gasteiger charge is 2.30. The molecule has 0 radical (unpaired) electrons. The molecule has 0 amide bonds. The first-order chi connectivity index (χ1) is 16.2. The highest BCUT2D eigenvalue weighted by atomic mass is 32.2. The Morgan fingerprint density at radius 2 is 1.73 bits per heavy atom. The zero-order valence-corrected chi connectivity index (χ0v) is 20.1. The molecule has 1 aliphatic heterocycles. The number of rotatable bonds is 2. The highest BCUT2D eigenvalue weighted by molar-refractivity contribution is 8.00. The molecular weight excluding hydrogens is 418 g/mol. The standard InChI is InChI=1S/C31H28NS/c1-19-25-10-6-5-9-22(25)18-27-28(19)30-29-23(13-14-32(30)2)17-24-16-21(15-20-7-3-4-8-20)11-12-26(24)31(29)33-27/h5-6,9-14,16-18,20H,3-4,7-8,15H2,1-2H3/q+1. The van der Waals surface area contributed by atoms with Gasteiger partial charge in [0.15, 0.2) is 6.20 Å². The molecule has 1 fully saturated rings. The van der Waals surface area contributed by atoms with Gasteiger partial charge in [-0.2, -0.15) is 0 Å². The van der Waals surface area contributed by atoms with Crippen molar-refractivity contribution in [2.45, 2.75) is 48.8 Å². The molecule has 7 rings (SSSR count). The van der Waals surface area contributed by atoms with Crippen molar-refractivity contribution in [1.82, 2.24) is 0 Å². The van der Waals surface area contributed by atoms with E-state index in [0.29, 0.717) is 0 Å². The van der Waals surface area contributed by atoms with Crippen LogP contribution in [0.15, 0.2) is 76.7 Å². The van der Waals surface area contributed by atoms with Crippen LogP contribution in [0.25, 0.3) is 43.6 Å². The fraction of sp³-hybridized carbons (Fsp3) is 0.258. The van der Waals surface area contributed by atoms with Crippen molar-refractivity contribution in [1.29, 1.82) is 0 Å². The minimum absolute atomic E-state index is 0.879. The van der Waals surface area contributed by atoms with Crippen LogP contribution in [0.5, 0.6) is 0 Å². The van der Waals surface area contributed by atoms with Crippen molar-refractivity contribution in [3.05, 3.63) is 78.0 Å². The molecule has 1 saturated carbocycles. The van der Waals surface area contributed by atoms with E-state index < -0.39 is 0 Å². The van der Waals surface area contributed by atoms with Crippen molar-refractivity contribution in [2.24, 2.45) is 13.0 Å². The molecule has 0 spiro atoms. The van der Waals surface area contributed by atoms with Gasteiger partial charge in [-0.25, -0.2) is 4.57 Å². The lowest BCUT2D eigenvalue weighted by atomic mass is 9.92. The Kier molecular flexibility index (Phi) is 4.36. The highest BCUT2D eigenvalue weighted by Crippen LogP contribution is 2.51. The SMILES string of the molecule is Cc1c2c(cc3ccccc13)Sc1c3ccc(CC4CCCC4)cc3cc3cc[n+](C)c-2c13. The van der Waals surface area contributed by atoms with Gasteiger partial charge in [-0.1, -0.05) is 79.9 Å². The molecule has 0 atom stereocenters. The summed E-state index contributed by atoms with van der Waals surface area (Å²) in [6.07, 6.45) is 9.11. The van der Waals surface area contributed by atoms with E-state index in [2.05, 4.69) is 85.4 Å². The van der Waals surface area contributed by atoms with E-state index in [0.717, 1.165) is 5.92 Å². The average Bonchev–Trinajstić information content (AvgIpc) is 3.34. The minimum Gasteiger partial charge on any atom is -0.200 e. The third-order valence-corrected chi connectivity index (χ3v) is 9.15. The van der Waals surface area contributed by atoms with Gasteiger partial charge in [-0.3, -0.25) is 0 Å². The third kappa shape index (κ3) is 2.97. The first-order valence-corrected chi connectivity index (χ1v) is 13.1. The van der Waals surface area contributed by atoms with E-state index >= 15 is 0 Å². The summed E-state index contributed by atoms with van der Waals surface area (Å²) in [4.78, 5) is 2.80. The van der Waals surface area contributed by atoms with E-state index in [1.165, 1.54) is 96.6 Å². The van der Waals surface area contributed by atoms with E-state index in [1.54, 1.807) is 0 Å². The van der Waals surface area contributed by atoms with Crippen LogP contribution in [0.3, 0.4) is 0 Å². The quantitative estimate of drug-likeness (QED) is 0.192. The fourth-order valence-corrected chi connectivity index (χ4v) is 7.70. The summed E-state index contributed by atoms with van der Waals surface area (Å²) in [5.74, 6) is 0.879. The van der Waals surface area contributed by atoms with Crippen LogP contribution in [0.1, 0.15) is 36.8 Å². The molecular formula is C31H28NS+. The van der Waals surface area contributed by atoms with Gasteiger partial charge in [0.05, 0.1) is 10.9 Å². The molecule has 2 heterocycles. The topological polar surface area (TPSA) is 3.88 Å². The smallest absolute Gasteiger partial charge is 0.200 e. The average molecular weight is 447 g/mol. The van der Waals surface area contributed by atoms with Crippen molar-refractivity contribution < 1.29 is 4.57 Å². The second-order valence-corrected chi connectivity index (χ2v) is 11.1. The molecule has 1 aromatic heterocycles. The minimum atomic E-state index is 0.879. The Labute approximate surface area is 199 Å².